The third-order valence-corrected chi connectivity index (χ3v) is 4.93. The molecule has 2 amide bonds. The molecule has 1 saturated heterocycles. The van der Waals surface area contributed by atoms with Crippen LogP contribution in [0, 0.1) is 19.8 Å². The number of anilines is 1. The predicted octanol–water partition coefficient (Wildman–Crippen LogP) is 5.15. The first-order valence-electron chi connectivity index (χ1n) is 9.17. The number of carbonyl (C=O) groups is 1. The van der Waals surface area contributed by atoms with Crippen LogP contribution in [-0.4, -0.2) is 35.5 Å². The molecule has 156 valence electrons. The highest BCUT2D eigenvalue weighted by atomic mass is 19.4. The van der Waals surface area contributed by atoms with Gasteiger partial charge >= 0.3 is 12.4 Å². The Morgan fingerprint density at radius 1 is 1.31 bits per heavy atom. The molecule has 1 aromatic carbocycles. The number of hydrogen-bond donors (Lipinski definition) is 1. The fraction of sp³-hybridized carbons (Fsp3) is 0.400. The molecule has 1 aliphatic rings. The SMILES string of the molecule is Cc1onc(NC(=O)N2CCC(=Cc3ccc(OC(F)(F)F)cc3)C(C)C2)c1C. The van der Waals surface area contributed by atoms with E-state index in [2.05, 4.69) is 15.2 Å². The summed E-state index contributed by atoms with van der Waals surface area (Å²) < 4.78 is 45.7. The number of alkyl halides is 3. The molecule has 9 heteroatoms. The number of halogens is 3. The van der Waals surface area contributed by atoms with E-state index in [0.717, 1.165) is 16.7 Å². The van der Waals surface area contributed by atoms with Crippen LogP contribution in [0.25, 0.3) is 6.08 Å². The zero-order valence-corrected chi connectivity index (χ0v) is 16.3. The number of hydrogen-bond acceptors (Lipinski definition) is 4. The highest BCUT2D eigenvalue weighted by Crippen LogP contribution is 2.27. The number of urea groups is 1. The van der Waals surface area contributed by atoms with E-state index in [4.69, 9.17) is 4.52 Å². The fourth-order valence-electron chi connectivity index (χ4n) is 3.14. The van der Waals surface area contributed by atoms with Gasteiger partial charge < -0.3 is 14.2 Å². The average Bonchev–Trinajstić information content (AvgIpc) is 2.95. The lowest BCUT2D eigenvalue weighted by Crippen LogP contribution is -2.42. The number of rotatable bonds is 3. The smallest absolute Gasteiger partial charge is 0.406 e. The predicted molar refractivity (Wildman–Crippen MR) is 101 cm³/mol. The highest BCUT2D eigenvalue weighted by Gasteiger charge is 2.31. The van der Waals surface area contributed by atoms with Crippen LogP contribution in [0.5, 0.6) is 5.75 Å². The van der Waals surface area contributed by atoms with E-state index in [9.17, 15) is 18.0 Å². The molecule has 2 heterocycles. The Morgan fingerprint density at radius 3 is 2.55 bits per heavy atom. The third-order valence-electron chi connectivity index (χ3n) is 4.93. The van der Waals surface area contributed by atoms with Crippen LogP contribution in [0.15, 0.2) is 34.4 Å². The first-order valence-corrected chi connectivity index (χ1v) is 9.17. The van der Waals surface area contributed by atoms with Gasteiger partial charge in [0.15, 0.2) is 5.82 Å². The molecule has 29 heavy (non-hydrogen) atoms. The van der Waals surface area contributed by atoms with Crippen LogP contribution >= 0.6 is 0 Å². The molecule has 0 spiro atoms. The molecule has 0 radical (unpaired) electrons. The molecular weight excluding hydrogens is 387 g/mol. The molecule has 0 bridgehead atoms. The number of ether oxygens (including phenoxy) is 1. The Morgan fingerprint density at radius 2 is 2.00 bits per heavy atom. The lowest BCUT2D eigenvalue weighted by Gasteiger charge is -2.33. The van der Waals surface area contributed by atoms with Gasteiger partial charge in [0.25, 0.3) is 0 Å². The quantitative estimate of drug-likeness (QED) is 0.762. The van der Waals surface area contributed by atoms with E-state index in [1.165, 1.54) is 12.1 Å². The molecule has 0 saturated carbocycles. The molecular formula is C20H22F3N3O3. The number of aromatic nitrogens is 1. The Labute approximate surface area is 166 Å². The van der Waals surface area contributed by atoms with Crippen molar-refractivity contribution in [2.24, 2.45) is 5.92 Å². The van der Waals surface area contributed by atoms with Crippen LogP contribution in [0.4, 0.5) is 23.8 Å². The van der Waals surface area contributed by atoms with Crippen LogP contribution in [0.3, 0.4) is 0 Å². The molecule has 6 nitrogen and oxygen atoms in total. The van der Waals surface area contributed by atoms with Crippen molar-refractivity contribution >= 4 is 17.9 Å². The summed E-state index contributed by atoms with van der Waals surface area (Å²) in [6.45, 7) is 6.68. The maximum Gasteiger partial charge on any atom is 0.573 e. The van der Waals surface area contributed by atoms with Gasteiger partial charge in [-0.2, -0.15) is 0 Å². The topological polar surface area (TPSA) is 67.6 Å². The summed E-state index contributed by atoms with van der Waals surface area (Å²) in [4.78, 5) is 14.2. The minimum absolute atomic E-state index is 0.112. The number of nitrogens with one attached hydrogen (secondary N) is 1. The molecule has 1 unspecified atom stereocenters. The summed E-state index contributed by atoms with van der Waals surface area (Å²) in [7, 11) is 0. The van der Waals surface area contributed by atoms with Crippen molar-refractivity contribution in [3.05, 3.63) is 46.7 Å². The van der Waals surface area contributed by atoms with Gasteiger partial charge in [-0.15, -0.1) is 13.2 Å². The highest BCUT2D eigenvalue weighted by molar-refractivity contribution is 5.89. The second-order valence-corrected chi connectivity index (χ2v) is 7.08. The third kappa shape index (κ3) is 5.30. The Kier molecular flexibility index (Phi) is 5.86. The number of amides is 2. The fourth-order valence-corrected chi connectivity index (χ4v) is 3.14. The van der Waals surface area contributed by atoms with E-state index in [1.54, 1.807) is 24.0 Å². The molecule has 1 aliphatic heterocycles. The standard InChI is InChI=1S/C20H22F3N3O3/c1-12-11-26(19(27)24-18-13(2)14(3)29-25-18)9-8-16(12)10-15-4-6-17(7-5-15)28-20(21,22)23/h4-7,10,12H,8-9,11H2,1-3H3,(H,24,25,27). The summed E-state index contributed by atoms with van der Waals surface area (Å²) in [5.74, 6) is 0.935. The summed E-state index contributed by atoms with van der Waals surface area (Å²) >= 11 is 0. The molecule has 1 aromatic heterocycles. The lowest BCUT2D eigenvalue weighted by atomic mass is 9.91. The van der Waals surface area contributed by atoms with Crippen LogP contribution in [-0.2, 0) is 0 Å². The molecule has 0 aliphatic carbocycles. The van der Waals surface area contributed by atoms with Gasteiger partial charge in [0.2, 0.25) is 0 Å². The van der Waals surface area contributed by atoms with E-state index < -0.39 is 6.36 Å². The number of likely N-dealkylation sites (tertiary alicyclic amines) is 1. The first kappa shape index (κ1) is 20.8. The monoisotopic (exact) mass is 409 g/mol. The second-order valence-electron chi connectivity index (χ2n) is 7.08. The summed E-state index contributed by atoms with van der Waals surface area (Å²) in [6.07, 6.45) is -2.08. The van der Waals surface area contributed by atoms with E-state index >= 15 is 0 Å². The zero-order chi connectivity index (χ0) is 21.2. The Bertz CT molecular complexity index is 904. The van der Waals surface area contributed by atoms with Gasteiger partial charge in [-0.3, -0.25) is 5.32 Å². The van der Waals surface area contributed by atoms with Crippen LogP contribution in [0.1, 0.15) is 30.2 Å². The van der Waals surface area contributed by atoms with Crippen molar-refractivity contribution < 1.29 is 27.2 Å². The van der Waals surface area contributed by atoms with Crippen LogP contribution < -0.4 is 10.1 Å². The number of piperidine rings is 1. The first-order chi connectivity index (χ1) is 13.6. The molecule has 1 atom stereocenters. The van der Waals surface area contributed by atoms with Gasteiger partial charge in [0.05, 0.1) is 0 Å². The number of aryl methyl sites for hydroxylation is 1. The summed E-state index contributed by atoms with van der Waals surface area (Å²) in [5.41, 5.74) is 2.71. The van der Waals surface area contributed by atoms with E-state index in [1.807, 2.05) is 19.9 Å². The number of carbonyl (C=O) groups excluding carboxylic acids is 1. The van der Waals surface area contributed by atoms with E-state index in [0.29, 0.717) is 31.1 Å². The summed E-state index contributed by atoms with van der Waals surface area (Å²) in [5, 5.41) is 6.61. The van der Waals surface area contributed by atoms with Crippen molar-refractivity contribution in [3.8, 4) is 5.75 Å². The van der Waals surface area contributed by atoms with Gasteiger partial charge in [0, 0.05) is 18.7 Å². The maximum absolute atomic E-state index is 12.5. The van der Waals surface area contributed by atoms with Gasteiger partial charge in [-0.25, -0.2) is 4.79 Å². The largest absolute Gasteiger partial charge is 0.573 e. The van der Waals surface area contributed by atoms with Crippen LogP contribution in [0.2, 0.25) is 0 Å². The maximum atomic E-state index is 12.5. The summed E-state index contributed by atoms with van der Waals surface area (Å²) in [6, 6.07) is 5.50. The second kappa shape index (κ2) is 8.18. The van der Waals surface area contributed by atoms with Crippen molar-refractivity contribution in [2.75, 3.05) is 18.4 Å². The molecule has 2 aromatic rings. The minimum Gasteiger partial charge on any atom is -0.406 e. The Hall–Kier alpha value is -2.97. The van der Waals surface area contributed by atoms with Crippen molar-refractivity contribution in [1.82, 2.24) is 10.1 Å². The van der Waals surface area contributed by atoms with Crippen molar-refractivity contribution in [2.45, 2.75) is 33.6 Å². The van der Waals surface area contributed by atoms with Gasteiger partial charge in [0.1, 0.15) is 11.5 Å². The number of nitrogens with zero attached hydrogens (tertiary/aromatic N) is 2. The average molecular weight is 409 g/mol. The van der Waals surface area contributed by atoms with Gasteiger partial charge in [-0.05, 0) is 43.9 Å². The normalized spacial score (nSPS) is 18.8. The van der Waals surface area contributed by atoms with E-state index in [-0.39, 0.29) is 17.7 Å². The lowest BCUT2D eigenvalue weighted by molar-refractivity contribution is -0.274. The minimum atomic E-state index is -4.70. The zero-order valence-electron chi connectivity index (χ0n) is 16.3. The molecule has 1 N–H and O–H groups in total. The van der Waals surface area contributed by atoms with Crippen molar-refractivity contribution in [3.63, 3.8) is 0 Å². The van der Waals surface area contributed by atoms with Crippen molar-refractivity contribution in [1.29, 1.82) is 0 Å². The molecule has 3 rings (SSSR count). The molecule has 1 fully saturated rings. The number of benzene rings is 1. The Balaban J connectivity index is 1.60. The van der Waals surface area contributed by atoms with Gasteiger partial charge in [-0.1, -0.05) is 35.9 Å².